The van der Waals surface area contributed by atoms with E-state index in [0.29, 0.717) is 83.6 Å². The highest BCUT2D eigenvalue weighted by Gasteiger charge is 2.43. The number of carbonyl (C=O) groups is 5. The highest BCUT2D eigenvalue weighted by Crippen LogP contribution is 2.44. The van der Waals surface area contributed by atoms with Crippen molar-refractivity contribution >= 4 is 40.9 Å². The number of hydrogen-bond acceptors (Lipinski definition) is 14. The van der Waals surface area contributed by atoms with Gasteiger partial charge in [-0.2, -0.15) is 5.10 Å². The Labute approximate surface area is 479 Å². The number of aryl methyl sites for hydroxylation is 2. The van der Waals surface area contributed by atoms with E-state index in [0.717, 1.165) is 48.8 Å². The van der Waals surface area contributed by atoms with Crippen molar-refractivity contribution in [2.24, 2.45) is 5.41 Å². The molecule has 1 saturated heterocycles. The van der Waals surface area contributed by atoms with Crippen molar-refractivity contribution < 1.29 is 47.3 Å². The molecule has 5 N–H and O–H groups in total. The molecule has 0 unspecified atom stereocenters. The summed E-state index contributed by atoms with van der Waals surface area (Å²) in [6.07, 6.45) is 7.23. The van der Waals surface area contributed by atoms with E-state index in [2.05, 4.69) is 38.0 Å². The number of anilines is 2. The van der Waals surface area contributed by atoms with Gasteiger partial charge in [-0.3, -0.25) is 24.0 Å². The number of amides is 4. The molecular weight excluding hydrogens is 1050 g/mol. The molecule has 1 aliphatic carbocycles. The molecular formula is C62H79FN10O9. The first kappa shape index (κ1) is 59.2. The molecule has 19 nitrogen and oxygen atoms in total. The highest BCUT2D eigenvalue weighted by atomic mass is 19.1. The number of hydrogen-bond donors (Lipinski definition) is 4. The smallest absolute Gasteiger partial charge is 0.254 e. The largest absolute Gasteiger partial charge is 0.491 e. The Morgan fingerprint density at radius 3 is 2.45 bits per heavy atom. The Hall–Kier alpha value is -7.42. The van der Waals surface area contributed by atoms with Gasteiger partial charge in [0.15, 0.2) is 0 Å². The van der Waals surface area contributed by atoms with Crippen molar-refractivity contribution in [1.29, 1.82) is 0 Å². The molecule has 0 radical (unpaired) electrons. The fourth-order valence-corrected chi connectivity index (χ4v) is 11.7. The van der Waals surface area contributed by atoms with Gasteiger partial charge in [0.25, 0.3) is 5.91 Å². The van der Waals surface area contributed by atoms with Crippen molar-refractivity contribution in [3.8, 4) is 22.8 Å². The van der Waals surface area contributed by atoms with E-state index in [-0.39, 0.29) is 93.9 Å². The molecule has 5 aromatic rings. The van der Waals surface area contributed by atoms with Crippen LogP contribution in [0, 0.1) is 11.2 Å². The van der Waals surface area contributed by atoms with Crippen LogP contribution in [0.5, 0.6) is 11.6 Å². The van der Waals surface area contributed by atoms with E-state index < -0.39 is 29.4 Å². The molecule has 2 aromatic heterocycles. The lowest BCUT2D eigenvalue weighted by molar-refractivity contribution is -0.147. The predicted molar refractivity (Wildman–Crippen MR) is 309 cm³/mol. The molecule has 4 aliphatic rings. The molecule has 9 rings (SSSR count). The molecule has 20 heteroatoms. The second-order valence-electron chi connectivity index (χ2n) is 23.0. The number of halogens is 1. The number of carbonyl (C=O) groups excluding carboxylic acids is 5. The third-order valence-corrected chi connectivity index (χ3v) is 16.3. The van der Waals surface area contributed by atoms with Crippen LogP contribution in [0.1, 0.15) is 129 Å². The maximum Gasteiger partial charge on any atom is 0.254 e. The van der Waals surface area contributed by atoms with E-state index in [9.17, 15) is 28.4 Å². The first-order valence-electron chi connectivity index (χ1n) is 28.7. The number of pyridine rings is 1. The SMILES string of the molecule is CN[C@@H](C)C(=O)N[C@H](C(=O)N1Cc2cc(OCCOCCOCCC(=O)CCCn3nc4c(c3OC)-c3cnc(N)c(c3)N3CCC[C@@H]3c3cc(F)ccc3C(=O)N(C)C4)ccc2C[C@H]1C(=O)N[C@@H]1CCCc2ccccc21)C(C)(C)C. The van der Waals surface area contributed by atoms with Gasteiger partial charge in [-0.05, 0) is 122 Å². The van der Waals surface area contributed by atoms with Crippen LogP contribution in [0.2, 0.25) is 0 Å². The van der Waals surface area contributed by atoms with E-state index in [1.54, 1.807) is 54.9 Å². The van der Waals surface area contributed by atoms with Gasteiger partial charge in [-0.1, -0.05) is 51.1 Å². The van der Waals surface area contributed by atoms with Gasteiger partial charge in [0, 0.05) is 63.3 Å². The number of fused-ring (bicyclic) bond motifs is 10. The maximum atomic E-state index is 14.8. The van der Waals surface area contributed by atoms with Gasteiger partial charge in [-0.15, -0.1) is 0 Å². The minimum atomic E-state index is -0.899. The number of nitrogens with two attached hydrogens (primary N) is 1. The third kappa shape index (κ3) is 13.4. The minimum absolute atomic E-state index is 0.0362. The Morgan fingerprint density at radius 2 is 1.67 bits per heavy atom. The summed E-state index contributed by atoms with van der Waals surface area (Å²) in [6, 6.07) is 17.5. The zero-order chi connectivity index (χ0) is 58.2. The average molecular weight is 1130 g/mol. The predicted octanol–water partition coefficient (Wildman–Crippen LogP) is 7.04. The van der Waals surface area contributed by atoms with Gasteiger partial charge >= 0.3 is 0 Å². The quantitative estimate of drug-likeness (QED) is 0.0541. The lowest BCUT2D eigenvalue weighted by Crippen LogP contribution is -2.62. The van der Waals surface area contributed by atoms with Crippen molar-refractivity contribution in [3.05, 3.63) is 118 Å². The molecule has 5 atom stereocenters. The fourth-order valence-electron chi connectivity index (χ4n) is 11.7. The third-order valence-electron chi connectivity index (χ3n) is 16.3. The molecule has 4 amide bonds. The monoisotopic (exact) mass is 1130 g/mol. The van der Waals surface area contributed by atoms with Crippen molar-refractivity contribution in [2.45, 2.75) is 135 Å². The molecule has 1 fully saturated rings. The van der Waals surface area contributed by atoms with Crippen LogP contribution in [-0.2, 0) is 61.1 Å². The van der Waals surface area contributed by atoms with Gasteiger partial charge in [0.05, 0.1) is 75.2 Å². The zero-order valence-corrected chi connectivity index (χ0v) is 48.4. The van der Waals surface area contributed by atoms with E-state index in [4.69, 9.17) is 29.8 Å². The van der Waals surface area contributed by atoms with Crippen LogP contribution in [0.25, 0.3) is 11.1 Å². The molecule has 2 bridgehead atoms. The summed E-state index contributed by atoms with van der Waals surface area (Å²) in [7, 11) is 4.96. The number of benzene rings is 3. The zero-order valence-electron chi connectivity index (χ0n) is 48.4. The standard InChI is InChI=1S/C62H79FN10O9/c1-38(65-5)57(75)68-55(62(2,3)4)60(78)72-36-42-31-45(21-19-40(42)32-53(72)58(76)67-49-17-10-14-39-13-8-9-16-46(39)49)82-30-29-81-28-27-80-26-23-44(74)15-11-25-73-61(79-7)54-41-33-52(56(64)66-35-41)71-24-12-18-51(71)48-34-43(63)20-22-47(48)59(77)70(6)37-50(54)69-73/h8-9,13,16,19-22,31,33-35,38,49,51,53,55,65H,10-12,14-15,17-18,23-30,32,36-37H2,1-7H3,(H2,64,66)(H,67,76)(H,68,75)/t38-,49+,51+,53-,55+/m0/s1. The Bertz CT molecular complexity index is 3140. The molecule has 3 aliphatic heterocycles. The summed E-state index contributed by atoms with van der Waals surface area (Å²) >= 11 is 0. The van der Waals surface area contributed by atoms with Crippen LogP contribution in [0.3, 0.4) is 0 Å². The van der Waals surface area contributed by atoms with E-state index in [1.807, 2.05) is 57.2 Å². The van der Waals surface area contributed by atoms with Crippen LogP contribution in [-0.4, -0.2) is 133 Å². The number of aromatic nitrogens is 3. The lowest BCUT2D eigenvalue weighted by Gasteiger charge is -2.41. The van der Waals surface area contributed by atoms with Crippen LogP contribution in [0.15, 0.2) is 72.9 Å². The first-order valence-corrected chi connectivity index (χ1v) is 28.7. The number of rotatable bonds is 21. The Kier molecular flexibility index (Phi) is 18.9. The van der Waals surface area contributed by atoms with E-state index >= 15 is 0 Å². The summed E-state index contributed by atoms with van der Waals surface area (Å²) in [5, 5.41) is 14.2. The summed E-state index contributed by atoms with van der Waals surface area (Å²) in [5.41, 5.74) is 13.6. The molecule has 0 spiro atoms. The van der Waals surface area contributed by atoms with Crippen molar-refractivity contribution in [2.75, 3.05) is 71.4 Å². The van der Waals surface area contributed by atoms with Crippen LogP contribution in [0.4, 0.5) is 15.9 Å². The number of nitrogens with zero attached hydrogens (tertiary/aromatic N) is 6. The Balaban J connectivity index is 0.750. The minimum Gasteiger partial charge on any atom is -0.491 e. The van der Waals surface area contributed by atoms with Gasteiger partial charge in [0.2, 0.25) is 23.6 Å². The van der Waals surface area contributed by atoms with Crippen LogP contribution >= 0.6 is 0 Å². The van der Waals surface area contributed by atoms with Crippen molar-refractivity contribution in [1.82, 2.24) is 40.5 Å². The average Bonchev–Trinajstić information content (AvgIpc) is 4.27. The maximum absolute atomic E-state index is 14.8. The topological polar surface area (TPSA) is 225 Å². The molecule has 82 heavy (non-hydrogen) atoms. The lowest BCUT2D eigenvalue weighted by atomic mass is 9.83. The number of nitrogen functional groups attached to an aromatic ring is 1. The van der Waals surface area contributed by atoms with Gasteiger partial charge in [0.1, 0.15) is 41.9 Å². The van der Waals surface area contributed by atoms with Gasteiger partial charge < -0.3 is 55.3 Å². The van der Waals surface area contributed by atoms with E-state index in [1.165, 1.54) is 17.7 Å². The summed E-state index contributed by atoms with van der Waals surface area (Å²) < 4.78 is 40.2. The molecule has 438 valence electrons. The summed E-state index contributed by atoms with van der Waals surface area (Å²) in [4.78, 5) is 79.4. The summed E-state index contributed by atoms with van der Waals surface area (Å²) in [5.74, 6) is -0.110. The van der Waals surface area contributed by atoms with Crippen LogP contribution < -0.4 is 36.1 Å². The second kappa shape index (κ2) is 26.2. The fraction of sp³-hybridized carbons (Fsp3) is 0.500. The number of methoxy groups -OCH3 is 1. The second-order valence-corrected chi connectivity index (χ2v) is 23.0. The highest BCUT2D eigenvalue weighted by molar-refractivity contribution is 5.97. The number of Topliss-reactive ketones (excluding diaryl/α,β-unsaturated/α-hetero) is 1. The number of nitrogens with one attached hydrogen (secondary N) is 3. The molecule has 5 heterocycles. The number of ketones is 1. The first-order chi connectivity index (χ1) is 39.4. The Morgan fingerprint density at radius 1 is 0.890 bits per heavy atom. The normalized spacial score (nSPS) is 18.4. The number of likely N-dealkylation sites (N-methyl/N-ethyl adjacent to an activating group) is 1. The number of ether oxygens (including phenoxy) is 4. The van der Waals surface area contributed by atoms with Crippen molar-refractivity contribution in [3.63, 3.8) is 0 Å². The molecule has 0 saturated carbocycles. The summed E-state index contributed by atoms with van der Waals surface area (Å²) in [6.45, 7) is 10.1. The van der Waals surface area contributed by atoms with Gasteiger partial charge in [-0.25, -0.2) is 14.1 Å². The molecule has 3 aromatic carbocycles.